The lowest BCUT2D eigenvalue weighted by Gasteiger charge is -2.15. The highest BCUT2D eigenvalue weighted by Gasteiger charge is 2.14. The van der Waals surface area contributed by atoms with Gasteiger partial charge in [-0.25, -0.2) is 4.39 Å². The molecule has 0 saturated carbocycles. The molecule has 0 fully saturated rings. The molecular formula is C14H14FN. The van der Waals surface area contributed by atoms with Crippen LogP contribution in [0.5, 0.6) is 0 Å². The molecule has 0 N–H and O–H groups in total. The Bertz CT molecular complexity index is 496. The number of benzene rings is 1. The highest BCUT2D eigenvalue weighted by atomic mass is 19.1. The van der Waals surface area contributed by atoms with E-state index in [9.17, 15) is 4.39 Å². The van der Waals surface area contributed by atoms with E-state index in [1.165, 1.54) is 42.7 Å². The van der Waals surface area contributed by atoms with Crippen molar-refractivity contribution >= 4 is 0 Å². The Kier molecular flexibility index (Phi) is 2.28. The van der Waals surface area contributed by atoms with Crippen molar-refractivity contribution in [2.75, 3.05) is 0 Å². The lowest BCUT2D eigenvalue weighted by molar-refractivity contribution is 0.626. The minimum atomic E-state index is -0.176. The van der Waals surface area contributed by atoms with E-state index in [4.69, 9.17) is 0 Å². The third-order valence-electron chi connectivity index (χ3n) is 3.30. The van der Waals surface area contributed by atoms with Gasteiger partial charge in [-0.1, -0.05) is 0 Å². The predicted octanol–water partition coefficient (Wildman–Crippen LogP) is 3.50. The average Bonchev–Trinajstić information content (AvgIpc) is 2.74. The molecular weight excluding hydrogens is 201 g/mol. The summed E-state index contributed by atoms with van der Waals surface area (Å²) in [5.41, 5.74) is 3.91. The highest BCUT2D eigenvalue weighted by molar-refractivity contribution is 5.39. The molecule has 0 unspecified atom stereocenters. The number of hydrogen-bond donors (Lipinski definition) is 0. The Morgan fingerprint density at radius 1 is 0.938 bits per heavy atom. The second kappa shape index (κ2) is 3.78. The summed E-state index contributed by atoms with van der Waals surface area (Å²) in [7, 11) is 0. The molecule has 0 atom stereocenters. The molecule has 0 spiro atoms. The maximum absolute atomic E-state index is 12.9. The lowest BCUT2D eigenvalue weighted by Crippen LogP contribution is -2.06. The second-order valence-electron chi connectivity index (χ2n) is 4.34. The summed E-state index contributed by atoms with van der Waals surface area (Å²) in [4.78, 5) is 0. The molecule has 1 heterocycles. The standard InChI is InChI=1S/C14H14FN/c15-12-5-7-13(8-6-12)16-10-9-11-3-1-2-4-14(11)16/h5-10H,1-4H2. The van der Waals surface area contributed by atoms with Gasteiger partial charge in [0.25, 0.3) is 0 Å². The fourth-order valence-corrected chi connectivity index (χ4v) is 2.47. The van der Waals surface area contributed by atoms with Gasteiger partial charge >= 0.3 is 0 Å². The van der Waals surface area contributed by atoms with E-state index in [0.717, 1.165) is 12.1 Å². The zero-order valence-electron chi connectivity index (χ0n) is 9.12. The summed E-state index contributed by atoms with van der Waals surface area (Å²) in [5, 5.41) is 0. The third kappa shape index (κ3) is 1.54. The van der Waals surface area contributed by atoms with Crippen molar-refractivity contribution in [3.8, 4) is 5.69 Å². The van der Waals surface area contributed by atoms with Crippen molar-refractivity contribution in [3.63, 3.8) is 0 Å². The van der Waals surface area contributed by atoms with Gasteiger partial charge in [-0.2, -0.15) is 0 Å². The van der Waals surface area contributed by atoms with Gasteiger partial charge in [0.05, 0.1) is 0 Å². The molecule has 1 nitrogen and oxygen atoms in total. The van der Waals surface area contributed by atoms with Crippen LogP contribution in [0.25, 0.3) is 5.69 Å². The van der Waals surface area contributed by atoms with Crippen molar-refractivity contribution in [2.24, 2.45) is 0 Å². The summed E-state index contributed by atoms with van der Waals surface area (Å²) in [6, 6.07) is 8.90. The van der Waals surface area contributed by atoms with Crippen LogP contribution in [0.3, 0.4) is 0 Å². The van der Waals surface area contributed by atoms with Gasteiger partial charge in [-0.05, 0) is 61.6 Å². The SMILES string of the molecule is Fc1ccc(-n2ccc3c2CCCC3)cc1. The van der Waals surface area contributed by atoms with E-state index in [-0.39, 0.29) is 5.82 Å². The minimum Gasteiger partial charge on any atom is -0.321 e. The molecule has 0 radical (unpaired) electrons. The first-order chi connectivity index (χ1) is 7.84. The van der Waals surface area contributed by atoms with Crippen LogP contribution in [0, 0.1) is 5.82 Å². The summed E-state index contributed by atoms with van der Waals surface area (Å²) in [6.07, 6.45) is 6.98. The Morgan fingerprint density at radius 3 is 2.50 bits per heavy atom. The molecule has 0 bridgehead atoms. The third-order valence-corrected chi connectivity index (χ3v) is 3.30. The number of fused-ring (bicyclic) bond motifs is 1. The van der Waals surface area contributed by atoms with Crippen LogP contribution in [-0.2, 0) is 12.8 Å². The first kappa shape index (κ1) is 9.64. The molecule has 2 heteroatoms. The maximum Gasteiger partial charge on any atom is 0.123 e. The van der Waals surface area contributed by atoms with Crippen molar-refractivity contribution in [1.82, 2.24) is 4.57 Å². The molecule has 1 aliphatic carbocycles. The lowest BCUT2D eigenvalue weighted by atomic mass is 9.98. The van der Waals surface area contributed by atoms with Gasteiger partial charge in [-0.3, -0.25) is 0 Å². The predicted molar refractivity (Wildman–Crippen MR) is 62.4 cm³/mol. The van der Waals surface area contributed by atoms with E-state index in [1.54, 1.807) is 0 Å². The van der Waals surface area contributed by atoms with Gasteiger partial charge in [0.1, 0.15) is 5.82 Å². The van der Waals surface area contributed by atoms with Crippen molar-refractivity contribution < 1.29 is 4.39 Å². The van der Waals surface area contributed by atoms with Gasteiger partial charge in [0, 0.05) is 17.6 Å². The van der Waals surface area contributed by atoms with Crippen LogP contribution in [0.2, 0.25) is 0 Å². The normalized spacial score (nSPS) is 14.8. The fraction of sp³-hybridized carbons (Fsp3) is 0.286. The summed E-state index contributed by atoms with van der Waals surface area (Å²) in [6.45, 7) is 0. The van der Waals surface area contributed by atoms with Gasteiger partial charge < -0.3 is 4.57 Å². The summed E-state index contributed by atoms with van der Waals surface area (Å²) < 4.78 is 15.0. The zero-order valence-corrected chi connectivity index (χ0v) is 9.12. The van der Waals surface area contributed by atoms with E-state index in [0.29, 0.717) is 0 Å². The first-order valence-electron chi connectivity index (χ1n) is 5.79. The van der Waals surface area contributed by atoms with Crippen LogP contribution in [0.15, 0.2) is 36.5 Å². The number of aromatic nitrogens is 1. The monoisotopic (exact) mass is 215 g/mol. The van der Waals surface area contributed by atoms with Crippen molar-refractivity contribution in [3.05, 3.63) is 53.6 Å². The largest absolute Gasteiger partial charge is 0.321 e. The number of nitrogens with zero attached hydrogens (tertiary/aromatic N) is 1. The van der Waals surface area contributed by atoms with Crippen LogP contribution in [0.1, 0.15) is 24.1 Å². The molecule has 1 aromatic heterocycles. The highest BCUT2D eigenvalue weighted by Crippen LogP contribution is 2.25. The van der Waals surface area contributed by atoms with E-state index in [2.05, 4.69) is 16.8 Å². The minimum absolute atomic E-state index is 0.176. The van der Waals surface area contributed by atoms with Crippen LogP contribution in [0.4, 0.5) is 4.39 Å². The maximum atomic E-state index is 12.9. The van der Waals surface area contributed by atoms with Crippen molar-refractivity contribution in [2.45, 2.75) is 25.7 Å². The molecule has 1 aromatic carbocycles. The Labute approximate surface area is 94.5 Å². The Balaban J connectivity index is 2.06. The fourth-order valence-electron chi connectivity index (χ4n) is 2.47. The molecule has 0 aliphatic heterocycles. The number of aryl methyl sites for hydroxylation is 1. The molecule has 3 rings (SSSR count). The number of halogens is 1. The van der Waals surface area contributed by atoms with Crippen molar-refractivity contribution in [1.29, 1.82) is 0 Å². The summed E-state index contributed by atoms with van der Waals surface area (Å²) >= 11 is 0. The quantitative estimate of drug-likeness (QED) is 0.686. The molecule has 16 heavy (non-hydrogen) atoms. The van der Waals surface area contributed by atoms with Crippen LogP contribution in [-0.4, -0.2) is 4.57 Å². The van der Waals surface area contributed by atoms with E-state index < -0.39 is 0 Å². The molecule has 82 valence electrons. The molecule has 0 amide bonds. The van der Waals surface area contributed by atoms with Gasteiger partial charge in [0.2, 0.25) is 0 Å². The molecule has 1 aliphatic rings. The van der Waals surface area contributed by atoms with Gasteiger partial charge in [-0.15, -0.1) is 0 Å². The van der Waals surface area contributed by atoms with Crippen LogP contribution < -0.4 is 0 Å². The van der Waals surface area contributed by atoms with E-state index in [1.807, 2.05) is 12.1 Å². The zero-order chi connectivity index (χ0) is 11.0. The van der Waals surface area contributed by atoms with E-state index >= 15 is 0 Å². The second-order valence-corrected chi connectivity index (χ2v) is 4.34. The topological polar surface area (TPSA) is 4.93 Å². The Morgan fingerprint density at radius 2 is 1.69 bits per heavy atom. The molecule has 2 aromatic rings. The smallest absolute Gasteiger partial charge is 0.123 e. The molecule has 0 saturated heterocycles. The van der Waals surface area contributed by atoms with Gasteiger partial charge in [0.15, 0.2) is 0 Å². The van der Waals surface area contributed by atoms with Crippen LogP contribution >= 0.6 is 0 Å². The summed E-state index contributed by atoms with van der Waals surface area (Å²) in [5.74, 6) is -0.176. The number of rotatable bonds is 1. The average molecular weight is 215 g/mol. The first-order valence-corrected chi connectivity index (χ1v) is 5.79. The Hall–Kier alpha value is -1.57. The number of hydrogen-bond acceptors (Lipinski definition) is 0.